The molecule has 1 aliphatic heterocycles. The molecule has 27 heavy (non-hydrogen) atoms. The van der Waals surface area contributed by atoms with Gasteiger partial charge in [-0.2, -0.15) is 5.10 Å². The molecule has 4 rings (SSSR count). The molecule has 4 heterocycles. The van der Waals surface area contributed by atoms with Crippen LogP contribution in [0, 0.1) is 5.92 Å². The molecule has 1 N–H and O–H groups in total. The van der Waals surface area contributed by atoms with E-state index in [0.717, 1.165) is 48.2 Å². The second-order valence-electron chi connectivity index (χ2n) is 6.88. The first-order valence-electron chi connectivity index (χ1n) is 9.11. The summed E-state index contributed by atoms with van der Waals surface area (Å²) >= 11 is 1.58. The Kier molecular flexibility index (Phi) is 5.15. The van der Waals surface area contributed by atoms with Gasteiger partial charge in [-0.3, -0.25) is 4.79 Å². The number of nitrogens with zero attached hydrogens (tertiary/aromatic N) is 5. The maximum atomic E-state index is 12.2. The van der Waals surface area contributed by atoms with Crippen LogP contribution >= 0.6 is 11.3 Å². The summed E-state index contributed by atoms with van der Waals surface area (Å²) in [5.41, 5.74) is 1.64. The van der Waals surface area contributed by atoms with Gasteiger partial charge in [0.25, 0.3) is 0 Å². The van der Waals surface area contributed by atoms with E-state index in [1.54, 1.807) is 28.4 Å². The molecule has 8 heteroatoms. The van der Waals surface area contributed by atoms with Crippen LogP contribution in [-0.4, -0.2) is 38.7 Å². The third kappa shape index (κ3) is 4.16. The van der Waals surface area contributed by atoms with Gasteiger partial charge < -0.3 is 10.2 Å². The van der Waals surface area contributed by atoms with Crippen LogP contribution in [0.15, 0.2) is 42.4 Å². The number of piperidine rings is 1. The van der Waals surface area contributed by atoms with E-state index in [2.05, 4.69) is 32.2 Å². The summed E-state index contributed by atoms with van der Waals surface area (Å²) in [5, 5.41) is 9.27. The Bertz CT molecular complexity index is 899. The number of rotatable bonds is 5. The molecule has 7 nitrogen and oxygen atoms in total. The molecule has 140 valence electrons. The SMILES string of the molecule is CC1CCN(c2cncnc2-n2cc(NC(=O)Cc3cccs3)cn2)CC1. The van der Waals surface area contributed by atoms with Crippen molar-refractivity contribution < 1.29 is 4.79 Å². The second kappa shape index (κ2) is 7.87. The van der Waals surface area contributed by atoms with Crippen molar-refractivity contribution in [2.75, 3.05) is 23.3 Å². The topological polar surface area (TPSA) is 75.9 Å². The normalized spacial score (nSPS) is 15.1. The Morgan fingerprint density at radius 1 is 1.33 bits per heavy atom. The van der Waals surface area contributed by atoms with Crippen molar-refractivity contribution in [1.82, 2.24) is 19.7 Å². The van der Waals surface area contributed by atoms with Gasteiger partial charge >= 0.3 is 0 Å². The average Bonchev–Trinajstić information content (AvgIpc) is 3.34. The summed E-state index contributed by atoms with van der Waals surface area (Å²) in [6, 6.07) is 3.91. The molecule has 1 saturated heterocycles. The number of amides is 1. The second-order valence-corrected chi connectivity index (χ2v) is 7.91. The van der Waals surface area contributed by atoms with Gasteiger partial charge in [-0.05, 0) is 30.2 Å². The van der Waals surface area contributed by atoms with Gasteiger partial charge in [-0.15, -0.1) is 11.3 Å². The van der Waals surface area contributed by atoms with Crippen molar-refractivity contribution in [1.29, 1.82) is 0 Å². The number of hydrogen-bond donors (Lipinski definition) is 1. The molecule has 0 spiro atoms. The molecule has 1 fully saturated rings. The van der Waals surface area contributed by atoms with Crippen LogP contribution in [0.5, 0.6) is 0 Å². The number of carbonyl (C=O) groups excluding carboxylic acids is 1. The van der Waals surface area contributed by atoms with Crippen molar-refractivity contribution in [2.45, 2.75) is 26.2 Å². The lowest BCUT2D eigenvalue weighted by molar-refractivity contribution is -0.115. The third-order valence-corrected chi connectivity index (χ3v) is 5.67. The lowest BCUT2D eigenvalue weighted by atomic mass is 9.99. The molecule has 1 aliphatic rings. The number of nitrogens with one attached hydrogen (secondary N) is 1. The van der Waals surface area contributed by atoms with E-state index < -0.39 is 0 Å². The first-order chi connectivity index (χ1) is 13.2. The Hall–Kier alpha value is -2.74. The van der Waals surface area contributed by atoms with E-state index in [-0.39, 0.29) is 5.91 Å². The highest BCUT2D eigenvalue weighted by atomic mass is 32.1. The van der Waals surface area contributed by atoms with Gasteiger partial charge in [0.2, 0.25) is 5.91 Å². The molecule has 0 saturated carbocycles. The molecule has 0 bridgehead atoms. The van der Waals surface area contributed by atoms with E-state index in [1.807, 2.05) is 23.7 Å². The fraction of sp³-hybridized carbons (Fsp3) is 0.368. The smallest absolute Gasteiger partial charge is 0.229 e. The molecular weight excluding hydrogens is 360 g/mol. The van der Waals surface area contributed by atoms with Crippen LogP contribution in [0.4, 0.5) is 11.4 Å². The highest BCUT2D eigenvalue weighted by Crippen LogP contribution is 2.26. The predicted octanol–water partition coefficient (Wildman–Crippen LogP) is 3.14. The molecule has 0 unspecified atom stereocenters. The van der Waals surface area contributed by atoms with Crippen LogP contribution in [0.2, 0.25) is 0 Å². The van der Waals surface area contributed by atoms with E-state index in [1.165, 1.54) is 6.33 Å². The van der Waals surface area contributed by atoms with Crippen LogP contribution in [0.3, 0.4) is 0 Å². The maximum Gasteiger partial charge on any atom is 0.229 e. The van der Waals surface area contributed by atoms with Crippen LogP contribution in [0.25, 0.3) is 5.82 Å². The highest BCUT2D eigenvalue weighted by molar-refractivity contribution is 7.10. The molecule has 0 aromatic carbocycles. The summed E-state index contributed by atoms with van der Waals surface area (Å²) in [6.07, 6.45) is 9.51. The molecule has 0 radical (unpaired) electrons. The minimum atomic E-state index is -0.0510. The summed E-state index contributed by atoms with van der Waals surface area (Å²) in [4.78, 5) is 24.2. The Labute approximate surface area is 162 Å². The van der Waals surface area contributed by atoms with Gasteiger partial charge in [0.15, 0.2) is 5.82 Å². The van der Waals surface area contributed by atoms with Crippen molar-refractivity contribution in [3.8, 4) is 5.82 Å². The fourth-order valence-corrected chi connectivity index (χ4v) is 3.95. The Balaban J connectivity index is 1.49. The summed E-state index contributed by atoms with van der Waals surface area (Å²) in [6.45, 7) is 4.28. The first kappa shape index (κ1) is 17.7. The van der Waals surface area contributed by atoms with E-state index in [0.29, 0.717) is 12.1 Å². The number of anilines is 2. The van der Waals surface area contributed by atoms with E-state index in [9.17, 15) is 4.79 Å². The largest absolute Gasteiger partial charge is 0.367 e. The lowest BCUT2D eigenvalue weighted by Crippen LogP contribution is -2.33. The van der Waals surface area contributed by atoms with Gasteiger partial charge in [0.1, 0.15) is 12.0 Å². The number of thiophene rings is 1. The quantitative estimate of drug-likeness (QED) is 0.734. The van der Waals surface area contributed by atoms with Crippen LogP contribution < -0.4 is 10.2 Å². The van der Waals surface area contributed by atoms with Crippen LogP contribution in [-0.2, 0) is 11.2 Å². The molecular formula is C19H22N6OS. The molecule has 3 aromatic rings. The predicted molar refractivity (Wildman–Crippen MR) is 106 cm³/mol. The zero-order valence-corrected chi connectivity index (χ0v) is 16.0. The zero-order valence-electron chi connectivity index (χ0n) is 15.2. The molecule has 0 atom stereocenters. The summed E-state index contributed by atoms with van der Waals surface area (Å²) in [7, 11) is 0. The standard InChI is InChI=1S/C19H22N6OS/c1-14-4-6-24(7-5-14)17-11-20-13-21-19(17)25-12-15(10-22-25)23-18(26)9-16-3-2-8-27-16/h2-3,8,10-14H,4-7,9H2,1H3,(H,23,26). The van der Waals surface area contributed by atoms with E-state index in [4.69, 9.17) is 0 Å². The van der Waals surface area contributed by atoms with Gasteiger partial charge in [0, 0.05) is 18.0 Å². The first-order valence-corrected chi connectivity index (χ1v) is 9.99. The van der Waals surface area contributed by atoms with Gasteiger partial charge in [-0.1, -0.05) is 13.0 Å². The van der Waals surface area contributed by atoms with Crippen molar-refractivity contribution in [3.05, 3.63) is 47.3 Å². The van der Waals surface area contributed by atoms with Crippen molar-refractivity contribution in [3.63, 3.8) is 0 Å². The van der Waals surface area contributed by atoms with Crippen molar-refractivity contribution in [2.24, 2.45) is 5.92 Å². The monoisotopic (exact) mass is 382 g/mol. The molecule has 1 amide bonds. The fourth-order valence-electron chi connectivity index (χ4n) is 3.24. The lowest BCUT2D eigenvalue weighted by Gasteiger charge is -2.32. The maximum absolute atomic E-state index is 12.2. The zero-order chi connectivity index (χ0) is 18.6. The van der Waals surface area contributed by atoms with Crippen molar-refractivity contribution >= 4 is 28.6 Å². The summed E-state index contributed by atoms with van der Waals surface area (Å²) < 4.78 is 1.70. The van der Waals surface area contributed by atoms with Crippen LogP contribution in [0.1, 0.15) is 24.6 Å². The minimum Gasteiger partial charge on any atom is -0.367 e. The number of aromatic nitrogens is 4. The highest BCUT2D eigenvalue weighted by Gasteiger charge is 2.20. The average molecular weight is 382 g/mol. The Morgan fingerprint density at radius 3 is 2.96 bits per heavy atom. The molecule has 3 aromatic heterocycles. The third-order valence-electron chi connectivity index (χ3n) is 4.80. The van der Waals surface area contributed by atoms with E-state index >= 15 is 0 Å². The van der Waals surface area contributed by atoms with Gasteiger partial charge in [-0.25, -0.2) is 14.6 Å². The summed E-state index contributed by atoms with van der Waals surface area (Å²) in [5.74, 6) is 1.44. The van der Waals surface area contributed by atoms with Gasteiger partial charge in [0.05, 0.1) is 30.7 Å². The molecule has 0 aliphatic carbocycles. The minimum absolute atomic E-state index is 0.0510. The number of carbonyl (C=O) groups is 1. The Morgan fingerprint density at radius 2 is 2.19 bits per heavy atom. The number of hydrogen-bond acceptors (Lipinski definition) is 6.